The number of hydrogen-bond acceptors (Lipinski definition) is 3. The number of halogens is 1. The smallest absolute Gasteiger partial charge is 0.127 e. The van der Waals surface area contributed by atoms with E-state index in [4.69, 9.17) is 0 Å². The molecule has 0 saturated carbocycles. The molecule has 1 aliphatic heterocycles. The Morgan fingerprint density at radius 1 is 1.39 bits per heavy atom. The van der Waals surface area contributed by atoms with Crippen LogP contribution in [-0.2, 0) is 0 Å². The Morgan fingerprint density at radius 2 is 2.22 bits per heavy atom. The van der Waals surface area contributed by atoms with Crippen LogP contribution in [0.2, 0.25) is 0 Å². The van der Waals surface area contributed by atoms with E-state index in [9.17, 15) is 4.39 Å². The third-order valence-corrected chi connectivity index (χ3v) is 6.01. The minimum atomic E-state index is -0.0949. The molecule has 2 unspecified atom stereocenters. The lowest BCUT2D eigenvalue weighted by atomic mass is 10.0. The highest BCUT2D eigenvalue weighted by Crippen LogP contribution is 2.25. The van der Waals surface area contributed by atoms with Crippen LogP contribution < -0.4 is 5.32 Å². The Hall–Kier alpha value is -0.190. The summed E-state index contributed by atoms with van der Waals surface area (Å²) in [6.45, 7) is 3.08. The summed E-state index contributed by atoms with van der Waals surface area (Å²) < 4.78 is 13.7. The van der Waals surface area contributed by atoms with Crippen molar-refractivity contribution in [3.63, 3.8) is 0 Å². The molecule has 1 aliphatic rings. The fraction of sp³-hybridized carbons (Fsp3) is 0.571. The van der Waals surface area contributed by atoms with Crippen LogP contribution in [0.5, 0.6) is 0 Å². The van der Waals surface area contributed by atoms with Gasteiger partial charge in [-0.25, -0.2) is 4.39 Å². The van der Waals surface area contributed by atoms with Crippen molar-refractivity contribution < 1.29 is 4.39 Å². The molecule has 0 aromatic heterocycles. The van der Waals surface area contributed by atoms with Crippen molar-refractivity contribution >= 4 is 23.5 Å². The lowest BCUT2D eigenvalue weighted by molar-refractivity contribution is 0.492. The van der Waals surface area contributed by atoms with Crippen LogP contribution in [-0.4, -0.2) is 29.1 Å². The average Bonchev–Trinajstić information content (AvgIpc) is 2.42. The van der Waals surface area contributed by atoms with Crippen LogP contribution in [0.4, 0.5) is 4.39 Å². The Bertz CT molecular complexity index is 367. The van der Waals surface area contributed by atoms with E-state index in [-0.39, 0.29) is 11.9 Å². The molecule has 1 saturated heterocycles. The van der Waals surface area contributed by atoms with Gasteiger partial charge in [0.05, 0.1) is 0 Å². The van der Waals surface area contributed by atoms with E-state index in [1.165, 1.54) is 17.3 Å². The molecule has 1 heterocycles. The van der Waals surface area contributed by atoms with Gasteiger partial charge in [0.1, 0.15) is 5.82 Å². The topological polar surface area (TPSA) is 12.0 Å². The Morgan fingerprint density at radius 3 is 2.89 bits per heavy atom. The second-order valence-corrected chi connectivity index (χ2v) is 7.02. The maximum Gasteiger partial charge on any atom is 0.127 e. The highest BCUT2D eigenvalue weighted by molar-refractivity contribution is 8.06. The van der Waals surface area contributed by atoms with Gasteiger partial charge in [-0.15, -0.1) is 0 Å². The van der Waals surface area contributed by atoms with Gasteiger partial charge in [0.15, 0.2) is 0 Å². The van der Waals surface area contributed by atoms with E-state index in [1.54, 1.807) is 12.1 Å². The molecular weight excluding hydrogens is 265 g/mol. The molecule has 100 valence electrons. The number of nitrogens with one attached hydrogen (secondary N) is 1. The summed E-state index contributed by atoms with van der Waals surface area (Å²) in [4.78, 5) is 0. The predicted molar refractivity (Wildman–Crippen MR) is 81.0 cm³/mol. The quantitative estimate of drug-likeness (QED) is 0.885. The molecule has 1 aromatic rings. The van der Waals surface area contributed by atoms with Crippen molar-refractivity contribution in [3.05, 3.63) is 35.6 Å². The molecule has 0 radical (unpaired) electrons. The summed E-state index contributed by atoms with van der Waals surface area (Å²) in [5.74, 6) is 3.63. The lowest BCUT2D eigenvalue weighted by Gasteiger charge is -2.25. The first kappa shape index (κ1) is 14.2. The van der Waals surface area contributed by atoms with E-state index in [0.29, 0.717) is 5.25 Å². The van der Waals surface area contributed by atoms with Crippen molar-refractivity contribution in [2.75, 3.05) is 23.8 Å². The molecule has 0 amide bonds. The van der Waals surface area contributed by atoms with E-state index in [2.05, 4.69) is 12.2 Å². The summed E-state index contributed by atoms with van der Waals surface area (Å²) in [5, 5.41) is 4.19. The zero-order valence-corrected chi connectivity index (χ0v) is 12.3. The van der Waals surface area contributed by atoms with Gasteiger partial charge in [0, 0.05) is 40.7 Å². The van der Waals surface area contributed by atoms with Crippen LogP contribution >= 0.6 is 23.5 Å². The van der Waals surface area contributed by atoms with E-state index >= 15 is 0 Å². The van der Waals surface area contributed by atoms with E-state index in [1.807, 2.05) is 35.7 Å². The first-order valence-corrected chi connectivity index (χ1v) is 8.68. The molecule has 0 bridgehead atoms. The average molecular weight is 285 g/mol. The van der Waals surface area contributed by atoms with Gasteiger partial charge in [-0.2, -0.15) is 23.5 Å². The lowest BCUT2D eigenvalue weighted by Crippen LogP contribution is -2.32. The van der Waals surface area contributed by atoms with Gasteiger partial charge in [-0.1, -0.05) is 25.1 Å². The molecule has 2 rings (SSSR count). The summed E-state index contributed by atoms with van der Waals surface area (Å²) >= 11 is 4.06. The Kier molecular flexibility index (Phi) is 5.86. The van der Waals surface area contributed by atoms with Crippen molar-refractivity contribution in [1.29, 1.82) is 0 Å². The van der Waals surface area contributed by atoms with Crippen LogP contribution in [0, 0.1) is 5.82 Å². The number of thioether (sulfide) groups is 2. The molecular formula is C14H20FNS2. The fourth-order valence-electron chi connectivity index (χ4n) is 2.16. The summed E-state index contributed by atoms with van der Waals surface area (Å²) in [6, 6.07) is 7.23. The van der Waals surface area contributed by atoms with Crippen LogP contribution in [0.3, 0.4) is 0 Å². The molecule has 1 fully saturated rings. The minimum absolute atomic E-state index is 0.0949. The van der Waals surface area contributed by atoms with Crippen LogP contribution in [0.25, 0.3) is 0 Å². The number of rotatable bonds is 5. The largest absolute Gasteiger partial charge is 0.309 e. The van der Waals surface area contributed by atoms with E-state index in [0.717, 1.165) is 18.5 Å². The van der Waals surface area contributed by atoms with Gasteiger partial charge in [-0.3, -0.25) is 0 Å². The third-order valence-electron chi connectivity index (χ3n) is 3.17. The number of benzene rings is 1. The predicted octanol–water partition coefficient (Wildman–Crippen LogP) is 3.72. The monoisotopic (exact) mass is 285 g/mol. The fourth-order valence-corrected chi connectivity index (χ4v) is 4.78. The zero-order valence-electron chi connectivity index (χ0n) is 10.7. The standard InChI is InChI=1S/C14H20FNS2/c1-2-14(12-5-3-4-6-13(12)15)16-9-11-10-17-7-8-18-11/h3-6,11,14,16H,2,7-10H2,1H3. The zero-order chi connectivity index (χ0) is 12.8. The SMILES string of the molecule is CCC(NCC1CSCCS1)c1ccccc1F. The Balaban J connectivity index is 1.91. The highest BCUT2D eigenvalue weighted by atomic mass is 32.2. The van der Waals surface area contributed by atoms with Crippen molar-refractivity contribution in [2.45, 2.75) is 24.6 Å². The first-order valence-electron chi connectivity index (χ1n) is 6.48. The van der Waals surface area contributed by atoms with Gasteiger partial charge in [0.25, 0.3) is 0 Å². The van der Waals surface area contributed by atoms with Crippen molar-refractivity contribution in [1.82, 2.24) is 5.32 Å². The highest BCUT2D eigenvalue weighted by Gasteiger charge is 2.18. The molecule has 4 heteroatoms. The second-order valence-electron chi connectivity index (χ2n) is 4.46. The third kappa shape index (κ3) is 3.90. The van der Waals surface area contributed by atoms with Crippen LogP contribution in [0.1, 0.15) is 24.9 Å². The molecule has 18 heavy (non-hydrogen) atoms. The van der Waals surface area contributed by atoms with Crippen molar-refractivity contribution in [3.8, 4) is 0 Å². The molecule has 0 aliphatic carbocycles. The van der Waals surface area contributed by atoms with Crippen molar-refractivity contribution in [2.24, 2.45) is 0 Å². The summed E-state index contributed by atoms with van der Waals surface area (Å²) in [5.41, 5.74) is 0.800. The normalized spacial score (nSPS) is 21.8. The van der Waals surface area contributed by atoms with Gasteiger partial charge in [-0.05, 0) is 12.5 Å². The first-order chi connectivity index (χ1) is 8.81. The maximum absolute atomic E-state index is 13.7. The summed E-state index contributed by atoms with van der Waals surface area (Å²) in [7, 11) is 0. The van der Waals surface area contributed by atoms with Gasteiger partial charge in [0.2, 0.25) is 0 Å². The maximum atomic E-state index is 13.7. The minimum Gasteiger partial charge on any atom is -0.309 e. The molecule has 1 nitrogen and oxygen atoms in total. The molecule has 1 aromatic carbocycles. The summed E-state index contributed by atoms with van der Waals surface area (Å²) in [6.07, 6.45) is 0.922. The Labute approximate surface area is 117 Å². The van der Waals surface area contributed by atoms with E-state index < -0.39 is 0 Å². The van der Waals surface area contributed by atoms with Gasteiger partial charge >= 0.3 is 0 Å². The molecule has 0 spiro atoms. The van der Waals surface area contributed by atoms with Gasteiger partial charge < -0.3 is 5.32 Å². The number of hydrogen-bond donors (Lipinski definition) is 1. The molecule has 1 N–H and O–H groups in total. The second kappa shape index (κ2) is 7.41. The molecule has 2 atom stereocenters. The van der Waals surface area contributed by atoms with Crippen LogP contribution in [0.15, 0.2) is 24.3 Å².